The Balaban J connectivity index is 1.73. The third-order valence-electron chi connectivity index (χ3n) is 4.98. The van der Waals surface area contributed by atoms with Crippen LogP contribution in [0.1, 0.15) is 24.8 Å². The molecule has 7 heteroatoms. The van der Waals surface area contributed by atoms with E-state index in [4.69, 9.17) is 9.47 Å². The van der Waals surface area contributed by atoms with Gasteiger partial charge in [-0.05, 0) is 0 Å². The van der Waals surface area contributed by atoms with Crippen molar-refractivity contribution in [2.75, 3.05) is 19.5 Å². The average Bonchev–Trinajstić information content (AvgIpc) is 3.26. The Hall–Kier alpha value is -3.28. The van der Waals surface area contributed by atoms with Gasteiger partial charge in [0.15, 0.2) is 0 Å². The number of rotatable bonds is 5. The van der Waals surface area contributed by atoms with E-state index in [2.05, 4.69) is 5.32 Å². The number of fused-ring (bicyclic) bond motifs is 1. The third kappa shape index (κ3) is 3.54. The van der Waals surface area contributed by atoms with Crippen LogP contribution in [0.5, 0.6) is 11.5 Å². The number of anilines is 1. The molecule has 2 heterocycles. The van der Waals surface area contributed by atoms with Gasteiger partial charge in [0.25, 0.3) is 0 Å². The van der Waals surface area contributed by atoms with E-state index in [1.807, 2.05) is 43.3 Å². The quantitative estimate of drug-likeness (QED) is 0.438. The van der Waals surface area contributed by atoms with Gasteiger partial charge >= 0.3 is 172 Å². The Morgan fingerprint density at radius 1 is 1.07 bits per heavy atom. The Morgan fingerprint density at radius 2 is 1.83 bits per heavy atom. The molecule has 6 nitrogen and oxygen atoms in total. The first-order valence-corrected chi connectivity index (χ1v) is 10.9. The number of aryl methyl sites for hydroxylation is 1. The molecule has 1 amide bonds. The summed E-state index contributed by atoms with van der Waals surface area (Å²) in [7, 11) is 3.21. The first-order valence-electron chi connectivity index (χ1n) is 9.15. The van der Waals surface area contributed by atoms with E-state index < -0.39 is 5.97 Å². The van der Waals surface area contributed by atoms with Gasteiger partial charge in [-0.2, -0.15) is 0 Å². The van der Waals surface area contributed by atoms with Crippen molar-refractivity contribution in [1.29, 1.82) is 0 Å². The second-order valence-corrected chi connectivity index (χ2v) is 9.46. The molecule has 0 aliphatic carbocycles. The molecule has 1 aromatic heterocycles. The zero-order valence-electron chi connectivity index (χ0n) is 16.6. The second-order valence-electron chi connectivity index (χ2n) is 6.76. The number of benzene rings is 2. The predicted molar refractivity (Wildman–Crippen MR) is 117 cm³/mol. The fourth-order valence-corrected chi connectivity index (χ4v) is 5.49. The Morgan fingerprint density at radius 3 is 2.50 bits per heavy atom. The monoisotopic (exact) mass is 469 g/mol. The van der Waals surface area contributed by atoms with Crippen molar-refractivity contribution in [3.05, 3.63) is 62.5 Å². The fourth-order valence-electron chi connectivity index (χ4n) is 3.47. The van der Waals surface area contributed by atoms with Crippen molar-refractivity contribution >= 4 is 43.7 Å². The first-order chi connectivity index (χ1) is 14.4. The van der Waals surface area contributed by atoms with Gasteiger partial charge in [-0.25, -0.2) is 0 Å². The zero-order chi connectivity index (χ0) is 21.4. The van der Waals surface area contributed by atoms with Gasteiger partial charge in [0.2, 0.25) is 0 Å². The molecule has 152 valence electrons. The molecule has 0 saturated heterocycles. The molecular weight excluding hydrogens is 449 g/mol. The van der Waals surface area contributed by atoms with Crippen LogP contribution in [-0.4, -0.2) is 45.7 Å². The maximum absolute atomic E-state index is 12.6. The van der Waals surface area contributed by atoms with Gasteiger partial charge in [0, 0.05) is 0 Å². The molecule has 1 aliphatic heterocycles. The maximum atomic E-state index is 12.6. The van der Waals surface area contributed by atoms with Crippen molar-refractivity contribution in [3.63, 3.8) is 0 Å². The summed E-state index contributed by atoms with van der Waals surface area (Å²) in [5.41, 5.74) is 4.18. The van der Waals surface area contributed by atoms with E-state index in [1.165, 1.54) is 0 Å². The number of hydrogen-bond acceptors (Lipinski definition) is 4. The molecule has 0 unspecified atom stereocenters. The summed E-state index contributed by atoms with van der Waals surface area (Å²) in [6.45, 7) is 1.82. The minimum absolute atomic E-state index is 0.0971. The molecule has 0 atom stereocenters. The molecule has 3 aromatic rings. The zero-order valence-corrected chi connectivity index (χ0v) is 18.3. The standard InChI is InChI=1S/C23H19NO5Se/c1-12-18(23(26)27)10-15(30-12)11-19-17-6-4-13(8-20(17)24-22(19)25)16-7-5-14(28-2)9-21(16)29-3/h4-11H,1-3H3,(H,24,25)(H,26,27)/b19-11-. The molecule has 2 aromatic carbocycles. The van der Waals surface area contributed by atoms with E-state index in [1.54, 1.807) is 26.4 Å². The van der Waals surface area contributed by atoms with Crippen LogP contribution in [0.3, 0.4) is 0 Å². The Kier molecular flexibility index (Phi) is 5.24. The summed E-state index contributed by atoms with van der Waals surface area (Å²) in [5, 5.41) is 12.2. The van der Waals surface area contributed by atoms with Gasteiger partial charge in [-0.3, -0.25) is 0 Å². The summed E-state index contributed by atoms with van der Waals surface area (Å²) in [6, 6.07) is 13.0. The van der Waals surface area contributed by atoms with Crippen LogP contribution in [0, 0.1) is 6.92 Å². The van der Waals surface area contributed by atoms with E-state index in [-0.39, 0.29) is 20.4 Å². The number of carboxylic acids is 1. The van der Waals surface area contributed by atoms with Crippen LogP contribution in [0.2, 0.25) is 0 Å². The SMILES string of the molecule is COc1ccc(-c2ccc3c(c2)NC(=O)/C3=C\c2cc(C(=O)O)c(C)[se]2)c(OC)c1. The summed E-state index contributed by atoms with van der Waals surface area (Å²) in [4.78, 5) is 23.9. The third-order valence-corrected chi connectivity index (χ3v) is 7.07. The molecule has 30 heavy (non-hydrogen) atoms. The summed E-state index contributed by atoms with van der Waals surface area (Å²) in [6.07, 6.45) is 1.80. The number of carbonyl (C=O) groups is 2. The molecule has 0 bridgehead atoms. The minimum atomic E-state index is -0.933. The van der Waals surface area contributed by atoms with Crippen LogP contribution in [0.25, 0.3) is 22.8 Å². The number of aromatic carboxylic acids is 1. The van der Waals surface area contributed by atoms with Gasteiger partial charge in [0.1, 0.15) is 0 Å². The summed E-state index contributed by atoms with van der Waals surface area (Å²) >= 11 is -0.0971. The van der Waals surface area contributed by atoms with E-state index in [9.17, 15) is 14.7 Å². The van der Waals surface area contributed by atoms with Crippen molar-refractivity contribution in [2.24, 2.45) is 0 Å². The number of carboxylic acid groups (broad SMARTS) is 1. The molecular formula is C23H19NO5Se. The Bertz CT molecular complexity index is 1210. The number of carbonyl (C=O) groups excluding carboxylic acids is 1. The molecule has 1 aliphatic rings. The molecule has 0 fully saturated rings. The molecule has 4 rings (SSSR count). The van der Waals surface area contributed by atoms with Crippen LogP contribution in [-0.2, 0) is 4.79 Å². The van der Waals surface area contributed by atoms with Gasteiger partial charge in [0.05, 0.1) is 7.11 Å². The molecule has 0 spiro atoms. The summed E-state index contributed by atoms with van der Waals surface area (Å²) < 4.78 is 12.5. The molecule has 0 saturated carbocycles. The topological polar surface area (TPSA) is 84.9 Å². The number of amides is 1. The van der Waals surface area contributed by atoms with Crippen LogP contribution >= 0.6 is 0 Å². The van der Waals surface area contributed by atoms with Gasteiger partial charge in [-0.15, -0.1) is 0 Å². The Labute approximate surface area is 179 Å². The predicted octanol–water partition coefficient (Wildman–Crippen LogP) is 3.93. The van der Waals surface area contributed by atoms with Crippen molar-refractivity contribution in [2.45, 2.75) is 6.92 Å². The molecule has 0 radical (unpaired) electrons. The average molecular weight is 468 g/mol. The fraction of sp³-hybridized carbons (Fsp3) is 0.130. The van der Waals surface area contributed by atoms with Gasteiger partial charge < -0.3 is 0 Å². The van der Waals surface area contributed by atoms with Crippen LogP contribution in [0.15, 0.2) is 42.5 Å². The first kappa shape index (κ1) is 20.0. The van der Waals surface area contributed by atoms with Crippen LogP contribution in [0.4, 0.5) is 5.69 Å². The van der Waals surface area contributed by atoms with E-state index in [0.717, 1.165) is 31.3 Å². The van der Waals surface area contributed by atoms with Crippen LogP contribution < -0.4 is 14.8 Å². The van der Waals surface area contributed by atoms with E-state index >= 15 is 0 Å². The number of hydrogen-bond donors (Lipinski definition) is 2. The molecule has 2 N–H and O–H groups in total. The number of nitrogens with one attached hydrogen (secondary N) is 1. The normalized spacial score (nSPS) is 13.8. The van der Waals surface area contributed by atoms with Crippen molar-refractivity contribution in [1.82, 2.24) is 0 Å². The van der Waals surface area contributed by atoms with E-state index in [0.29, 0.717) is 22.6 Å². The number of methoxy groups -OCH3 is 2. The number of ether oxygens (including phenoxy) is 2. The van der Waals surface area contributed by atoms with Crippen molar-refractivity contribution < 1.29 is 24.2 Å². The summed E-state index contributed by atoms with van der Waals surface area (Å²) in [5.74, 6) is 0.252. The second kappa shape index (κ2) is 7.86. The van der Waals surface area contributed by atoms with Gasteiger partial charge in [-0.1, -0.05) is 0 Å². The van der Waals surface area contributed by atoms with Crippen molar-refractivity contribution in [3.8, 4) is 22.6 Å².